The highest BCUT2D eigenvalue weighted by atomic mass is 32.1. The van der Waals surface area contributed by atoms with Crippen LogP contribution in [0.4, 0.5) is 0 Å². The Bertz CT molecular complexity index is 486. The zero-order chi connectivity index (χ0) is 15.6. The van der Waals surface area contributed by atoms with Crippen molar-refractivity contribution in [2.24, 2.45) is 5.92 Å². The predicted molar refractivity (Wildman–Crippen MR) is 86.4 cm³/mol. The van der Waals surface area contributed by atoms with Gasteiger partial charge in [0.2, 0.25) is 5.91 Å². The first kappa shape index (κ1) is 16.5. The van der Waals surface area contributed by atoms with Crippen molar-refractivity contribution in [3.63, 3.8) is 0 Å². The van der Waals surface area contributed by atoms with Crippen LogP contribution < -0.4 is 5.32 Å². The monoisotopic (exact) mass is 310 g/mol. The molecule has 2 rings (SSSR count). The number of ether oxygens (including phenoxy) is 1. The largest absolute Gasteiger partial charge is 0.380 e. The first-order chi connectivity index (χ1) is 9.95. The van der Waals surface area contributed by atoms with E-state index >= 15 is 0 Å². The van der Waals surface area contributed by atoms with Gasteiger partial charge < -0.3 is 9.64 Å². The smallest absolute Gasteiger partial charge is 0.241 e. The Hall–Kier alpha value is -0.910. The number of carbonyl (C=O) groups is 1. The van der Waals surface area contributed by atoms with E-state index in [-0.39, 0.29) is 24.2 Å². The van der Waals surface area contributed by atoms with Crippen LogP contribution in [0.25, 0.3) is 0 Å². The van der Waals surface area contributed by atoms with E-state index in [1.54, 1.807) is 11.3 Å². The fourth-order valence-electron chi connectivity index (χ4n) is 2.75. The van der Waals surface area contributed by atoms with E-state index in [1.165, 1.54) is 9.75 Å². The summed E-state index contributed by atoms with van der Waals surface area (Å²) in [4.78, 5) is 17.1. The fourth-order valence-corrected chi connectivity index (χ4v) is 3.68. The Morgan fingerprint density at radius 1 is 1.43 bits per heavy atom. The zero-order valence-corrected chi connectivity index (χ0v) is 14.4. The molecule has 1 saturated heterocycles. The molecule has 0 spiro atoms. The summed E-state index contributed by atoms with van der Waals surface area (Å²) in [5.41, 5.74) is 0. The first-order valence-corrected chi connectivity index (χ1v) is 8.49. The van der Waals surface area contributed by atoms with Crippen LogP contribution >= 0.6 is 11.3 Å². The Morgan fingerprint density at radius 3 is 2.67 bits per heavy atom. The average molecular weight is 310 g/mol. The van der Waals surface area contributed by atoms with Gasteiger partial charge in [-0.15, -0.1) is 11.3 Å². The molecule has 1 amide bonds. The summed E-state index contributed by atoms with van der Waals surface area (Å²) in [6.45, 7) is 11.6. The topological polar surface area (TPSA) is 41.6 Å². The standard InChI is InChI=1S/C16H26N2O2S/c1-6-20-9-13(10(2)3)18-15(17-12(5)16(18)19)14-8-7-11(4)21-14/h7-8,10,12-13,15,17H,6,9H2,1-5H3. The highest BCUT2D eigenvalue weighted by Crippen LogP contribution is 2.33. The number of nitrogens with zero attached hydrogens (tertiary/aromatic N) is 1. The highest BCUT2D eigenvalue weighted by Gasteiger charge is 2.42. The molecule has 0 aliphatic carbocycles. The van der Waals surface area contributed by atoms with Gasteiger partial charge in [-0.2, -0.15) is 0 Å². The number of thiophene rings is 1. The first-order valence-electron chi connectivity index (χ1n) is 7.68. The van der Waals surface area contributed by atoms with Crippen LogP contribution in [0.1, 0.15) is 43.6 Å². The van der Waals surface area contributed by atoms with Crippen molar-refractivity contribution >= 4 is 17.2 Å². The number of hydrogen-bond acceptors (Lipinski definition) is 4. The summed E-state index contributed by atoms with van der Waals surface area (Å²) < 4.78 is 5.62. The second-order valence-corrected chi connectivity index (χ2v) is 7.28. The number of carbonyl (C=O) groups excluding carboxylic acids is 1. The number of aryl methyl sites for hydroxylation is 1. The van der Waals surface area contributed by atoms with Gasteiger partial charge in [0.05, 0.1) is 18.7 Å². The molecule has 1 aliphatic heterocycles. The third kappa shape index (κ3) is 3.47. The van der Waals surface area contributed by atoms with Gasteiger partial charge in [0.15, 0.2) is 0 Å². The molecule has 3 atom stereocenters. The SMILES string of the molecule is CCOCC(C(C)C)N1C(=O)C(C)NC1c1ccc(C)s1. The number of amides is 1. The number of hydrogen-bond donors (Lipinski definition) is 1. The van der Waals surface area contributed by atoms with Gasteiger partial charge >= 0.3 is 0 Å². The molecule has 3 unspecified atom stereocenters. The summed E-state index contributed by atoms with van der Waals surface area (Å²) in [7, 11) is 0. The number of nitrogens with one attached hydrogen (secondary N) is 1. The quantitative estimate of drug-likeness (QED) is 0.878. The van der Waals surface area contributed by atoms with Gasteiger partial charge in [0.1, 0.15) is 6.17 Å². The molecule has 118 valence electrons. The van der Waals surface area contributed by atoms with Crippen LogP contribution in [-0.4, -0.2) is 36.1 Å². The average Bonchev–Trinajstić information content (AvgIpc) is 2.97. The van der Waals surface area contributed by atoms with Crippen LogP contribution in [0.5, 0.6) is 0 Å². The third-order valence-electron chi connectivity index (χ3n) is 3.96. The van der Waals surface area contributed by atoms with Crippen LogP contribution in [0, 0.1) is 12.8 Å². The summed E-state index contributed by atoms with van der Waals surface area (Å²) in [5, 5.41) is 3.43. The molecule has 2 heterocycles. The maximum absolute atomic E-state index is 12.6. The van der Waals surface area contributed by atoms with Crippen molar-refractivity contribution < 1.29 is 9.53 Å². The van der Waals surface area contributed by atoms with Crippen LogP contribution in [0.2, 0.25) is 0 Å². The lowest BCUT2D eigenvalue weighted by Crippen LogP contribution is -2.45. The second kappa shape index (κ2) is 6.90. The van der Waals surface area contributed by atoms with E-state index in [1.807, 2.05) is 18.7 Å². The predicted octanol–water partition coefficient (Wildman–Crippen LogP) is 2.94. The second-order valence-electron chi connectivity index (χ2n) is 5.96. The number of rotatable bonds is 6. The maximum Gasteiger partial charge on any atom is 0.241 e. The van der Waals surface area contributed by atoms with E-state index in [2.05, 4.69) is 38.2 Å². The van der Waals surface area contributed by atoms with E-state index in [4.69, 9.17) is 4.74 Å². The molecular weight excluding hydrogens is 284 g/mol. The third-order valence-corrected chi connectivity index (χ3v) is 5.01. The van der Waals surface area contributed by atoms with Gasteiger partial charge in [0.25, 0.3) is 0 Å². The lowest BCUT2D eigenvalue weighted by atomic mass is 10.0. The summed E-state index contributed by atoms with van der Waals surface area (Å²) >= 11 is 1.75. The molecule has 21 heavy (non-hydrogen) atoms. The molecule has 1 aliphatic rings. The van der Waals surface area contributed by atoms with E-state index in [0.29, 0.717) is 19.1 Å². The molecular formula is C16H26N2O2S. The Labute approximate surface area is 131 Å². The highest BCUT2D eigenvalue weighted by molar-refractivity contribution is 7.12. The maximum atomic E-state index is 12.6. The van der Waals surface area contributed by atoms with Crippen molar-refractivity contribution in [3.8, 4) is 0 Å². The van der Waals surface area contributed by atoms with Crippen LogP contribution in [0.3, 0.4) is 0 Å². The molecule has 0 aromatic carbocycles. The van der Waals surface area contributed by atoms with Crippen molar-refractivity contribution in [1.82, 2.24) is 10.2 Å². The van der Waals surface area contributed by atoms with Gasteiger partial charge in [-0.25, -0.2) is 0 Å². The molecule has 1 aromatic rings. The molecule has 0 saturated carbocycles. The lowest BCUT2D eigenvalue weighted by Gasteiger charge is -2.34. The van der Waals surface area contributed by atoms with Crippen LogP contribution in [-0.2, 0) is 9.53 Å². The molecule has 4 nitrogen and oxygen atoms in total. The molecule has 0 radical (unpaired) electrons. The molecule has 0 bridgehead atoms. The van der Waals surface area contributed by atoms with Crippen LogP contribution in [0.15, 0.2) is 12.1 Å². The van der Waals surface area contributed by atoms with Crippen molar-refractivity contribution in [1.29, 1.82) is 0 Å². The van der Waals surface area contributed by atoms with Crippen molar-refractivity contribution in [2.75, 3.05) is 13.2 Å². The lowest BCUT2D eigenvalue weighted by molar-refractivity contribution is -0.134. The Balaban J connectivity index is 2.28. The normalized spacial score (nSPS) is 24.1. The minimum absolute atomic E-state index is 0.0287. The van der Waals surface area contributed by atoms with Gasteiger partial charge in [-0.1, -0.05) is 13.8 Å². The van der Waals surface area contributed by atoms with Crippen molar-refractivity contribution in [2.45, 2.75) is 52.9 Å². The molecule has 1 N–H and O–H groups in total. The van der Waals surface area contributed by atoms with Gasteiger partial charge in [-0.3, -0.25) is 10.1 Å². The molecule has 5 heteroatoms. The summed E-state index contributed by atoms with van der Waals surface area (Å²) in [5.74, 6) is 0.528. The zero-order valence-electron chi connectivity index (χ0n) is 13.6. The molecule has 1 aromatic heterocycles. The van der Waals surface area contributed by atoms with E-state index in [9.17, 15) is 4.79 Å². The van der Waals surface area contributed by atoms with E-state index in [0.717, 1.165) is 0 Å². The summed E-state index contributed by atoms with van der Waals surface area (Å²) in [6, 6.07) is 4.19. The van der Waals surface area contributed by atoms with E-state index < -0.39 is 0 Å². The van der Waals surface area contributed by atoms with Gasteiger partial charge in [0, 0.05) is 16.4 Å². The van der Waals surface area contributed by atoms with Crippen molar-refractivity contribution in [3.05, 3.63) is 21.9 Å². The minimum atomic E-state index is -0.139. The Morgan fingerprint density at radius 2 is 2.14 bits per heavy atom. The fraction of sp³-hybridized carbons (Fsp3) is 0.688. The summed E-state index contributed by atoms with van der Waals surface area (Å²) in [6.07, 6.45) is -0.0287. The minimum Gasteiger partial charge on any atom is -0.380 e. The van der Waals surface area contributed by atoms with Gasteiger partial charge in [-0.05, 0) is 38.8 Å². The Kier molecular flexibility index (Phi) is 5.41. The molecule has 1 fully saturated rings.